The second-order valence-corrected chi connectivity index (χ2v) is 5.47. The third kappa shape index (κ3) is 3.97. The van der Waals surface area contributed by atoms with E-state index in [9.17, 15) is 22.8 Å². The van der Waals surface area contributed by atoms with E-state index in [0.29, 0.717) is 0 Å². The molecule has 1 aliphatic rings. The number of rotatable bonds is 3. The van der Waals surface area contributed by atoms with Crippen molar-refractivity contribution in [3.63, 3.8) is 0 Å². The van der Waals surface area contributed by atoms with Crippen LogP contribution in [-0.2, 0) is 15.8 Å². The summed E-state index contributed by atoms with van der Waals surface area (Å²) in [5.41, 5.74) is -0.592. The number of amides is 2. The summed E-state index contributed by atoms with van der Waals surface area (Å²) in [5.74, 6) is -0.926. The smallest absolute Gasteiger partial charge is 0.326 e. The first-order valence-corrected chi connectivity index (χ1v) is 6.67. The molecular formula is C12H10F3N3O2S. The Labute approximate surface area is 121 Å². The van der Waals surface area contributed by atoms with Crippen LogP contribution in [0.2, 0.25) is 0 Å². The van der Waals surface area contributed by atoms with Gasteiger partial charge >= 0.3 is 6.18 Å². The molecule has 1 atom stereocenters. The van der Waals surface area contributed by atoms with Crippen molar-refractivity contribution in [3.8, 4) is 0 Å². The fourth-order valence-corrected chi connectivity index (χ4v) is 2.52. The monoisotopic (exact) mass is 317 g/mol. The highest BCUT2D eigenvalue weighted by atomic mass is 32.2. The molecule has 0 saturated carbocycles. The number of nitrogens with one attached hydrogen (secondary N) is 3. The van der Waals surface area contributed by atoms with Gasteiger partial charge in [0.25, 0.3) is 0 Å². The zero-order chi connectivity index (χ0) is 15.6. The molecular weight excluding hydrogens is 307 g/mol. The maximum atomic E-state index is 12.4. The zero-order valence-corrected chi connectivity index (χ0v) is 11.3. The lowest BCUT2D eigenvalue weighted by atomic mass is 10.2. The topological polar surface area (TPSA) is 82.1 Å². The molecule has 112 valence electrons. The molecule has 2 rings (SSSR count). The van der Waals surface area contributed by atoms with Crippen molar-refractivity contribution in [3.05, 3.63) is 29.8 Å². The average molecular weight is 317 g/mol. The lowest BCUT2D eigenvalue weighted by Crippen LogP contribution is -2.27. The molecule has 1 aliphatic heterocycles. The number of hydrogen-bond donors (Lipinski definition) is 3. The van der Waals surface area contributed by atoms with Gasteiger partial charge in [-0.3, -0.25) is 15.0 Å². The second-order valence-electron chi connectivity index (χ2n) is 4.25. The average Bonchev–Trinajstić information content (AvgIpc) is 2.67. The Bertz CT molecular complexity index is 586. The van der Waals surface area contributed by atoms with Gasteiger partial charge in [-0.1, -0.05) is 11.8 Å². The zero-order valence-electron chi connectivity index (χ0n) is 10.5. The fraction of sp³-hybridized carbons (Fsp3) is 0.250. The Balaban J connectivity index is 1.94. The minimum Gasteiger partial charge on any atom is -0.326 e. The highest BCUT2D eigenvalue weighted by Gasteiger charge is 2.32. The van der Waals surface area contributed by atoms with Crippen LogP contribution in [0.5, 0.6) is 0 Å². The summed E-state index contributed by atoms with van der Waals surface area (Å²) in [5, 5.41) is 11.2. The lowest BCUT2D eigenvalue weighted by molar-refractivity contribution is -0.137. The Morgan fingerprint density at radius 2 is 1.95 bits per heavy atom. The number of amidine groups is 1. The second kappa shape index (κ2) is 5.76. The molecule has 0 aliphatic carbocycles. The number of benzene rings is 1. The Hall–Kier alpha value is -2.03. The van der Waals surface area contributed by atoms with Crippen molar-refractivity contribution in [1.82, 2.24) is 5.32 Å². The van der Waals surface area contributed by atoms with Gasteiger partial charge in [0.2, 0.25) is 11.8 Å². The summed E-state index contributed by atoms with van der Waals surface area (Å²) in [7, 11) is 0. The van der Waals surface area contributed by atoms with E-state index in [1.807, 2.05) is 0 Å². The number of halogens is 3. The minimum absolute atomic E-state index is 0.0210. The first kappa shape index (κ1) is 15.4. The summed E-state index contributed by atoms with van der Waals surface area (Å²) in [6, 6.07) is 4.01. The quantitative estimate of drug-likeness (QED) is 0.799. The minimum atomic E-state index is -4.43. The van der Waals surface area contributed by atoms with Gasteiger partial charge in [-0.25, -0.2) is 0 Å². The number of thioether (sulfide) groups is 1. The molecule has 1 fully saturated rings. The van der Waals surface area contributed by atoms with Crippen LogP contribution in [-0.4, -0.2) is 22.2 Å². The largest absolute Gasteiger partial charge is 0.416 e. The van der Waals surface area contributed by atoms with Crippen LogP contribution in [0.4, 0.5) is 18.9 Å². The van der Waals surface area contributed by atoms with E-state index < -0.39 is 28.8 Å². The van der Waals surface area contributed by atoms with E-state index >= 15 is 0 Å². The van der Waals surface area contributed by atoms with Gasteiger partial charge in [-0.15, -0.1) is 0 Å². The molecule has 1 saturated heterocycles. The van der Waals surface area contributed by atoms with Crippen LogP contribution < -0.4 is 10.6 Å². The third-order valence-electron chi connectivity index (χ3n) is 2.66. The Kier molecular flexibility index (Phi) is 4.21. The van der Waals surface area contributed by atoms with Gasteiger partial charge in [0, 0.05) is 12.1 Å². The molecule has 1 unspecified atom stereocenters. The molecule has 0 aromatic heterocycles. The molecule has 5 nitrogen and oxygen atoms in total. The number of carbonyl (C=O) groups excluding carboxylic acids is 2. The molecule has 2 amide bonds. The normalized spacial score (nSPS) is 18.5. The summed E-state index contributed by atoms with van der Waals surface area (Å²) < 4.78 is 37.1. The van der Waals surface area contributed by atoms with Crippen molar-refractivity contribution in [2.75, 3.05) is 5.32 Å². The third-order valence-corrected chi connectivity index (χ3v) is 3.66. The predicted octanol–water partition coefficient (Wildman–Crippen LogP) is 2.20. The van der Waals surface area contributed by atoms with E-state index in [-0.39, 0.29) is 17.3 Å². The predicted molar refractivity (Wildman–Crippen MR) is 71.9 cm³/mol. The molecule has 1 aromatic rings. The Morgan fingerprint density at radius 1 is 1.33 bits per heavy atom. The number of alkyl halides is 3. The van der Waals surface area contributed by atoms with Crippen LogP contribution in [0.15, 0.2) is 24.3 Å². The Morgan fingerprint density at radius 3 is 2.43 bits per heavy atom. The summed E-state index contributed by atoms with van der Waals surface area (Å²) in [6.45, 7) is 0. The molecule has 21 heavy (non-hydrogen) atoms. The van der Waals surface area contributed by atoms with Crippen molar-refractivity contribution >= 4 is 34.4 Å². The fourth-order valence-electron chi connectivity index (χ4n) is 1.67. The molecule has 3 N–H and O–H groups in total. The highest BCUT2D eigenvalue weighted by molar-refractivity contribution is 8.15. The maximum Gasteiger partial charge on any atom is 0.416 e. The molecule has 0 spiro atoms. The lowest BCUT2D eigenvalue weighted by Gasteiger charge is -2.09. The summed E-state index contributed by atoms with van der Waals surface area (Å²) in [6.07, 6.45) is -4.58. The SMILES string of the molecule is N=C1NC(=O)C(CC(=O)Nc2ccc(C(F)(F)F)cc2)S1. The first-order valence-electron chi connectivity index (χ1n) is 5.79. The van der Waals surface area contributed by atoms with Crippen LogP contribution in [0.3, 0.4) is 0 Å². The van der Waals surface area contributed by atoms with E-state index in [2.05, 4.69) is 10.6 Å². The summed E-state index contributed by atoms with van der Waals surface area (Å²) >= 11 is 0.931. The van der Waals surface area contributed by atoms with E-state index in [1.165, 1.54) is 0 Å². The molecule has 1 heterocycles. The van der Waals surface area contributed by atoms with Crippen molar-refractivity contribution in [2.24, 2.45) is 0 Å². The van der Waals surface area contributed by atoms with Crippen LogP contribution >= 0.6 is 11.8 Å². The van der Waals surface area contributed by atoms with E-state index in [4.69, 9.17) is 5.41 Å². The molecule has 0 bridgehead atoms. The van der Waals surface area contributed by atoms with Crippen LogP contribution in [0.25, 0.3) is 0 Å². The van der Waals surface area contributed by atoms with Gasteiger partial charge in [-0.05, 0) is 24.3 Å². The van der Waals surface area contributed by atoms with Crippen LogP contribution in [0.1, 0.15) is 12.0 Å². The van der Waals surface area contributed by atoms with Gasteiger partial charge in [0.05, 0.1) is 5.56 Å². The molecule has 1 aromatic carbocycles. The first-order chi connectivity index (χ1) is 9.75. The number of anilines is 1. The highest BCUT2D eigenvalue weighted by Crippen LogP contribution is 2.30. The van der Waals surface area contributed by atoms with Crippen molar-refractivity contribution in [2.45, 2.75) is 17.8 Å². The number of carbonyl (C=O) groups is 2. The van der Waals surface area contributed by atoms with Crippen molar-refractivity contribution in [1.29, 1.82) is 5.41 Å². The van der Waals surface area contributed by atoms with Gasteiger partial charge in [0.15, 0.2) is 5.17 Å². The maximum absolute atomic E-state index is 12.4. The van der Waals surface area contributed by atoms with Gasteiger partial charge in [0.1, 0.15) is 5.25 Å². The van der Waals surface area contributed by atoms with E-state index in [1.54, 1.807) is 0 Å². The molecule has 0 radical (unpaired) electrons. The number of hydrogen-bond acceptors (Lipinski definition) is 4. The summed E-state index contributed by atoms with van der Waals surface area (Å²) in [4.78, 5) is 23.1. The van der Waals surface area contributed by atoms with Crippen LogP contribution in [0, 0.1) is 5.41 Å². The van der Waals surface area contributed by atoms with E-state index in [0.717, 1.165) is 36.0 Å². The standard InChI is InChI=1S/C12H10F3N3O2S/c13-12(14,15)6-1-3-7(4-2-6)17-9(19)5-8-10(20)18-11(16)21-8/h1-4,8H,5H2,(H,17,19)(H2,16,18,20). The van der Waals surface area contributed by atoms with Gasteiger partial charge in [-0.2, -0.15) is 13.2 Å². The molecule has 9 heteroatoms. The van der Waals surface area contributed by atoms with Gasteiger partial charge < -0.3 is 10.6 Å². The van der Waals surface area contributed by atoms with Crippen molar-refractivity contribution < 1.29 is 22.8 Å².